The van der Waals surface area contributed by atoms with Crippen molar-refractivity contribution >= 4 is 10.8 Å². The number of hydrogen-bond acceptors (Lipinski definition) is 2. The van der Waals surface area contributed by atoms with Crippen molar-refractivity contribution < 1.29 is 10.2 Å². The van der Waals surface area contributed by atoms with Gasteiger partial charge in [0.15, 0.2) is 0 Å². The van der Waals surface area contributed by atoms with Gasteiger partial charge in [-0.15, -0.1) is 0 Å². The largest absolute Gasteiger partial charge is 0.396 e. The second-order valence-electron chi connectivity index (χ2n) is 3.63. The predicted molar refractivity (Wildman–Crippen MR) is 60.9 cm³/mol. The van der Waals surface area contributed by atoms with E-state index in [0.29, 0.717) is 0 Å². The summed E-state index contributed by atoms with van der Waals surface area (Å²) in [6.07, 6.45) is 0. The summed E-state index contributed by atoms with van der Waals surface area (Å²) >= 11 is 0. The summed E-state index contributed by atoms with van der Waals surface area (Å²) < 4.78 is 0. The highest BCUT2D eigenvalue weighted by atomic mass is 16.3. The Kier molecular flexibility index (Phi) is 2.99. The first-order chi connectivity index (χ1) is 7.36. The van der Waals surface area contributed by atoms with Crippen molar-refractivity contribution in [3.63, 3.8) is 0 Å². The predicted octanol–water partition coefficient (Wildman–Crippen LogP) is 1.91. The molecular weight excluding hydrogens is 188 g/mol. The third-order valence-electron chi connectivity index (χ3n) is 2.70. The summed E-state index contributed by atoms with van der Waals surface area (Å²) in [6.45, 7) is -0.0466. The van der Waals surface area contributed by atoms with Gasteiger partial charge in [-0.3, -0.25) is 0 Å². The van der Waals surface area contributed by atoms with Crippen LogP contribution in [0.2, 0.25) is 0 Å². The average molecular weight is 202 g/mol. The average Bonchev–Trinajstić information content (AvgIpc) is 2.31. The van der Waals surface area contributed by atoms with Gasteiger partial charge in [-0.1, -0.05) is 42.5 Å². The highest BCUT2D eigenvalue weighted by Crippen LogP contribution is 2.24. The highest BCUT2D eigenvalue weighted by Gasteiger charge is 2.11. The molecule has 0 atom stereocenters. The zero-order chi connectivity index (χ0) is 10.7. The lowest BCUT2D eigenvalue weighted by Crippen LogP contribution is -2.09. The maximum absolute atomic E-state index is 9.18. The molecule has 0 fully saturated rings. The van der Waals surface area contributed by atoms with Crippen molar-refractivity contribution in [1.29, 1.82) is 0 Å². The minimum atomic E-state index is -0.184. The van der Waals surface area contributed by atoms with Gasteiger partial charge in [0.25, 0.3) is 0 Å². The topological polar surface area (TPSA) is 40.5 Å². The third kappa shape index (κ3) is 1.87. The molecule has 15 heavy (non-hydrogen) atoms. The van der Waals surface area contributed by atoms with Gasteiger partial charge in [-0.25, -0.2) is 0 Å². The van der Waals surface area contributed by atoms with Crippen LogP contribution in [0.25, 0.3) is 10.8 Å². The Hall–Kier alpha value is -1.38. The van der Waals surface area contributed by atoms with E-state index in [1.54, 1.807) is 0 Å². The molecule has 0 unspecified atom stereocenters. The molecule has 0 radical (unpaired) electrons. The van der Waals surface area contributed by atoms with Crippen LogP contribution in [0.3, 0.4) is 0 Å². The maximum Gasteiger partial charge on any atom is 0.0522 e. The van der Waals surface area contributed by atoms with Gasteiger partial charge in [0.05, 0.1) is 13.2 Å². The van der Waals surface area contributed by atoms with Gasteiger partial charge >= 0.3 is 0 Å². The van der Waals surface area contributed by atoms with Crippen LogP contribution in [0.4, 0.5) is 0 Å². The monoisotopic (exact) mass is 202 g/mol. The Balaban J connectivity index is 2.59. The normalized spacial score (nSPS) is 11.1. The molecule has 2 nitrogen and oxygen atoms in total. The van der Waals surface area contributed by atoms with Gasteiger partial charge in [0.2, 0.25) is 0 Å². The summed E-state index contributed by atoms with van der Waals surface area (Å²) in [6, 6.07) is 13.9. The smallest absolute Gasteiger partial charge is 0.0522 e. The van der Waals surface area contributed by atoms with E-state index < -0.39 is 0 Å². The number of aliphatic hydroxyl groups excluding tert-OH is 2. The van der Waals surface area contributed by atoms with Crippen LogP contribution >= 0.6 is 0 Å². The van der Waals surface area contributed by atoms with Crippen molar-refractivity contribution in [2.75, 3.05) is 13.2 Å². The second-order valence-corrected chi connectivity index (χ2v) is 3.63. The summed E-state index contributed by atoms with van der Waals surface area (Å²) in [4.78, 5) is 0. The van der Waals surface area contributed by atoms with Crippen LogP contribution in [-0.4, -0.2) is 23.4 Å². The van der Waals surface area contributed by atoms with Crippen LogP contribution < -0.4 is 0 Å². The SMILES string of the molecule is OCC(CO)c1cccc2ccccc12. The van der Waals surface area contributed by atoms with Gasteiger partial charge in [-0.05, 0) is 16.3 Å². The highest BCUT2D eigenvalue weighted by molar-refractivity contribution is 5.86. The van der Waals surface area contributed by atoms with Crippen LogP contribution in [0.1, 0.15) is 11.5 Å². The summed E-state index contributed by atoms with van der Waals surface area (Å²) in [5, 5.41) is 20.6. The van der Waals surface area contributed by atoms with E-state index in [1.807, 2.05) is 42.5 Å². The Bertz CT molecular complexity index is 442. The molecule has 0 aliphatic heterocycles. The molecule has 0 spiro atoms. The lowest BCUT2D eigenvalue weighted by Gasteiger charge is -2.13. The number of fused-ring (bicyclic) bond motifs is 1. The van der Waals surface area contributed by atoms with Crippen molar-refractivity contribution in [2.45, 2.75) is 5.92 Å². The third-order valence-corrected chi connectivity index (χ3v) is 2.70. The van der Waals surface area contributed by atoms with Crippen LogP contribution in [0.5, 0.6) is 0 Å². The van der Waals surface area contributed by atoms with E-state index in [9.17, 15) is 10.2 Å². The Labute approximate surface area is 88.8 Å². The lowest BCUT2D eigenvalue weighted by atomic mass is 9.95. The zero-order valence-corrected chi connectivity index (χ0v) is 8.43. The molecule has 0 amide bonds. The minimum absolute atomic E-state index is 0.0233. The molecule has 0 bridgehead atoms. The minimum Gasteiger partial charge on any atom is -0.396 e. The number of aliphatic hydroxyl groups is 2. The van der Waals surface area contributed by atoms with Gasteiger partial charge in [-0.2, -0.15) is 0 Å². The molecule has 0 aliphatic rings. The van der Waals surface area contributed by atoms with Gasteiger partial charge < -0.3 is 10.2 Å². The summed E-state index contributed by atoms with van der Waals surface area (Å²) in [5.41, 5.74) is 1.01. The summed E-state index contributed by atoms with van der Waals surface area (Å²) in [5.74, 6) is -0.184. The van der Waals surface area contributed by atoms with Crippen molar-refractivity contribution in [1.82, 2.24) is 0 Å². The Morgan fingerprint density at radius 3 is 2.27 bits per heavy atom. The fourth-order valence-corrected chi connectivity index (χ4v) is 1.86. The fourth-order valence-electron chi connectivity index (χ4n) is 1.86. The van der Waals surface area contributed by atoms with E-state index in [1.165, 1.54) is 0 Å². The van der Waals surface area contributed by atoms with E-state index >= 15 is 0 Å². The molecule has 2 aromatic rings. The number of hydrogen-bond donors (Lipinski definition) is 2. The van der Waals surface area contributed by atoms with Gasteiger partial charge in [0.1, 0.15) is 0 Å². The first-order valence-electron chi connectivity index (χ1n) is 5.06. The molecule has 2 N–H and O–H groups in total. The molecule has 2 aromatic carbocycles. The molecule has 0 saturated carbocycles. The van der Waals surface area contributed by atoms with Crippen LogP contribution in [0.15, 0.2) is 42.5 Å². The van der Waals surface area contributed by atoms with E-state index in [2.05, 4.69) is 0 Å². The molecule has 0 aliphatic carbocycles. The van der Waals surface area contributed by atoms with Crippen molar-refractivity contribution in [3.05, 3.63) is 48.0 Å². The van der Waals surface area contributed by atoms with E-state index in [4.69, 9.17) is 0 Å². The second kappa shape index (κ2) is 4.43. The zero-order valence-electron chi connectivity index (χ0n) is 8.43. The molecular formula is C13H14O2. The van der Waals surface area contributed by atoms with Crippen molar-refractivity contribution in [3.8, 4) is 0 Å². The molecule has 2 rings (SSSR count). The first kappa shape index (κ1) is 10.1. The molecule has 78 valence electrons. The number of benzene rings is 2. The number of rotatable bonds is 3. The maximum atomic E-state index is 9.18. The first-order valence-corrected chi connectivity index (χ1v) is 5.06. The van der Waals surface area contributed by atoms with E-state index in [0.717, 1.165) is 16.3 Å². The Morgan fingerprint density at radius 1 is 0.867 bits per heavy atom. The molecule has 0 aromatic heterocycles. The fraction of sp³-hybridized carbons (Fsp3) is 0.231. The van der Waals surface area contributed by atoms with Crippen LogP contribution in [0, 0.1) is 0 Å². The van der Waals surface area contributed by atoms with E-state index in [-0.39, 0.29) is 19.1 Å². The molecule has 2 heteroatoms. The van der Waals surface area contributed by atoms with Gasteiger partial charge in [0, 0.05) is 5.92 Å². The summed E-state index contributed by atoms with van der Waals surface area (Å²) in [7, 11) is 0. The molecule has 0 saturated heterocycles. The standard InChI is InChI=1S/C13H14O2/c14-8-11(9-15)13-7-3-5-10-4-1-2-6-12(10)13/h1-7,11,14-15H,8-9H2. The van der Waals surface area contributed by atoms with Crippen molar-refractivity contribution in [2.24, 2.45) is 0 Å². The Morgan fingerprint density at radius 2 is 1.53 bits per heavy atom. The molecule has 0 heterocycles. The lowest BCUT2D eigenvalue weighted by molar-refractivity contribution is 0.193. The van der Waals surface area contributed by atoms with Crippen LogP contribution in [-0.2, 0) is 0 Å². The quantitative estimate of drug-likeness (QED) is 0.798.